The molecule has 5 heteroatoms. The molecule has 0 bridgehead atoms. The monoisotopic (exact) mass is 328 g/mol. The number of furan rings is 1. The molecule has 3 rings (SSSR count). The molecule has 0 saturated heterocycles. The van der Waals surface area contributed by atoms with Crippen LogP contribution >= 0.6 is 11.6 Å². The van der Waals surface area contributed by atoms with Gasteiger partial charge in [-0.25, -0.2) is 4.79 Å². The number of carbonyl (C=O) groups is 1. The van der Waals surface area contributed by atoms with Gasteiger partial charge in [0.1, 0.15) is 0 Å². The van der Waals surface area contributed by atoms with Crippen LogP contribution in [-0.2, 0) is 5.54 Å². The highest BCUT2D eigenvalue weighted by Crippen LogP contribution is 2.31. The normalized spacial score (nSPS) is 11.4. The second-order valence-electron chi connectivity index (χ2n) is 5.87. The molecule has 0 aliphatic carbocycles. The van der Waals surface area contributed by atoms with Gasteiger partial charge in [-0.05, 0) is 49.7 Å². The minimum absolute atomic E-state index is 0.274. The number of hydrogen-bond acceptors (Lipinski definition) is 2. The van der Waals surface area contributed by atoms with E-state index in [9.17, 15) is 4.79 Å². The maximum atomic E-state index is 12.2. The van der Waals surface area contributed by atoms with E-state index in [1.54, 1.807) is 6.26 Å². The maximum absolute atomic E-state index is 12.2. The van der Waals surface area contributed by atoms with Crippen molar-refractivity contribution in [3.8, 4) is 0 Å². The Bertz CT molecular complexity index is 841. The third kappa shape index (κ3) is 3.32. The molecule has 0 aliphatic rings. The summed E-state index contributed by atoms with van der Waals surface area (Å²) in [7, 11) is 0. The molecule has 0 atom stereocenters. The first-order chi connectivity index (χ1) is 11.0. The fourth-order valence-corrected chi connectivity index (χ4v) is 2.71. The number of para-hydroxylation sites is 1. The molecule has 2 N–H and O–H groups in total. The molecule has 3 aromatic rings. The summed E-state index contributed by atoms with van der Waals surface area (Å²) in [4.78, 5) is 12.2. The van der Waals surface area contributed by atoms with Gasteiger partial charge in [0.2, 0.25) is 0 Å². The van der Waals surface area contributed by atoms with Crippen LogP contribution in [0.5, 0.6) is 0 Å². The largest absolute Gasteiger partial charge is 0.463 e. The maximum Gasteiger partial charge on any atom is 0.319 e. The lowest BCUT2D eigenvalue weighted by Crippen LogP contribution is -2.43. The molecule has 118 valence electrons. The minimum atomic E-state index is -0.589. The zero-order valence-corrected chi connectivity index (χ0v) is 13.6. The number of rotatable bonds is 3. The van der Waals surface area contributed by atoms with Crippen molar-refractivity contribution in [3.63, 3.8) is 0 Å². The summed E-state index contributed by atoms with van der Waals surface area (Å²) in [6.07, 6.45) is 1.60. The highest BCUT2D eigenvalue weighted by Gasteiger charge is 2.24. The van der Waals surface area contributed by atoms with Crippen molar-refractivity contribution in [1.82, 2.24) is 5.32 Å². The Labute approximate surface area is 139 Å². The summed E-state index contributed by atoms with van der Waals surface area (Å²) in [5.41, 5.74) is 1.71. The van der Waals surface area contributed by atoms with Crippen molar-refractivity contribution in [2.75, 3.05) is 5.32 Å². The average molecular weight is 329 g/mol. The lowest BCUT2D eigenvalue weighted by molar-refractivity contribution is 0.242. The van der Waals surface area contributed by atoms with Crippen molar-refractivity contribution in [2.45, 2.75) is 19.4 Å². The van der Waals surface area contributed by atoms with E-state index in [1.807, 2.05) is 62.4 Å². The van der Waals surface area contributed by atoms with Crippen molar-refractivity contribution in [3.05, 3.63) is 65.4 Å². The van der Waals surface area contributed by atoms with Crippen LogP contribution in [0.1, 0.15) is 19.4 Å². The van der Waals surface area contributed by atoms with Gasteiger partial charge in [0.25, 0.3) is 0 Å². The summed E-state index contributed by atoms with van der Waals surface area (Å²) in [5.74, 6) is 0. The first kappa shape index (κ1) is 15.4. The second kappa shape index (κ2) is 5.97. The van der Waals surface area contributed by atoms with E-state index in [1.165, 1.54) is 0 Å². The molecule has 1 heterocycles. The fourth-order valence-electron chi connectivity index (χ4n) is 2.44. The van der Waals surface area contributed by atoms with Gasteiger partial charge in [-0.3, -0.25) is 0 Å². The molecule has 1 aromatic heterocycles. The van der Waals surface area contributed by atoms with E-state index < -0.39 is 5.54 Å². The molecule has 0 aliphatic heterocycles. The van der Waals surface area contributed by atoms with Gasteiger partial charge in [-0.2, -0.15) is 0 Å². The number of carbonyl (C=O) groups excluding carboxylic acids is 1. The Morgan fingerprint density at radius 2 is 1.87 bits per heavy atom. The van der Waals surface area contributed by atoms with Crippen LogP contribution < -0.4 is 10.6 Å². The van der Waals surface area contributed by atoms with Crippen molar-refractivity contribution < 1.29 is 9.21 Å². The Balaban J connectivity index is 1.80. The lowest BCUT2D eigenvalue weighted by Gasteiger charge is -2.27. The van der Waals surface area contributed by atoms with E-state index in [2.05, 4.69) is 10.6 Å². The fraction of sp³-hybridized carbons (Fsp3) is 0.167. The van der Waals surface area contributed by atoms with E-state index >= 15 is 0 Å². The van der Waals surface area contributed by atoms with Gasteiger partial charge in [-0.15, -0.1) is 0 Å². The summed E-state index contributed by atoms with van der Waals surface area (Å²) >= 11 is 6.25. The summed E-state index contributed by atoms with van der Waals surface area (Å²) in [6, 6.07) is 14.7. The predicted molar refractivity (Wildman–Crippen MR) is 92.8 cm³/mol. The molecule has 0 radical (unpaired) electrons. The highest BCUT2D eigenvalue weighted by atomic mass is 35.5. The zero-order valence-electron chi connectivity index (χ0n) is 12.9. The first-order valence-corrected chi connectivity index (χ1v) is 7.65. The van der Waals surface area contributed by atoms with E-state index in [0.717, 1.165) is 16.6 Å². The quantitative estimate of drug-likeness (QED) is 0.699. The molecule has 2 aromatic carbocycles. The van der Waals surface area contributed by atoms with Gasteiger partial charge in [-0.1, -0.05) is 29.8 Å². The van der Waals surface area contributed by atoms with Crippen LogP contribution in [0, 0.1) is 0 Å². The number of anilines is 1. The molecule has 4 nitrogen and oxygen atoms in total. The number of hydrogen-bond donors (Lipinski definition) is 2. The summed E-state index contributed by atoms with van der Waals surface area (Å²) in [6.45, 7) is 3.85. The Hall–Kier alpha value is -2.46. The predicted octanol–water partition coefficient (Wildman–Crippen LogP) is 5.14. The molecular weight excluding hydrogens is 312 g/mol. The van der Waals surface area contributed by atoms with Crippen LogP contribution in [0.3, 0.4) is 0 Å². The topological polar surface area (TPSA) is 54.3 Å². The van der Waals surface area contributed by atoms with Crippen molar-refractivity contribution in [2.24, 2.45) is 0 Å². The number of nitrogens with one attached hydrogen (secondary N) is 2. The van der Waals surface area contributed by atoms with Crippen molar-refractivity contribution in [1.29, 1.82) is 0 Å². The van der Waals surface area contributed by atoms with Gasteiger partial charge in [0.05, 0.1) is 16.8 Å². The van der Waals surface area contributed by atoms with Crippen LogP contribution in [-0.4, -0.2) is 6.03 Å². The molecule has 0 saturated carbocycles. The Morgan fingerprint density at radius 3 is 2.61 bits per heavy atom. The molecule has 0 spiro atoms. The lowest BCUT2D eigenvalue weighted by atomic mass is 9.93. The van der Waals surface area contributed by atoms with Crippen LogP contribution in [0.4, 0.5) is 10.5 Å². The second-order valence-corrected chi connectivity index (χ2v) is 6.27. The van der Waals surface area contributed by atoms with Crippen LogP contribution in [0.15, 0.2) is 59.2 Å². The third-order valence-corrected chi connectivity index (χ3v) is 3.97. The molecule has 23 heavy (non-hydrogen) atoms. The first-order valence-electron chi connectivity index (χ1n) is 7.27. The zero-order chi connectivity index (χ0) is 16.4. The molecular formula is C18H17ClN2O2. The van der Waals surface area contributed by atoms with Crippen LogP contribution in [0.25, 0.3) is 11.0 Å². The number of fused-ring (bicyclic) bond motifs is 1. The molecule has 2 amide bonds. The van der Waals surface area contributed by atoms with E-state index in [4.69, 9.17) is 16.0 Å². The summed E-state index contributed by atoms with van der Waals surface area (Å²) < 4.78 is 5.34. The smallest absolute Gasteiger partial charge is 0.319 e. The molecule has 0 fully saturated rings. The van der Waals surface area contributed by atoms with Gasteiger partial charge in [0.15, 0.2) is 5.58 Å². The number of urea groups is 1. The molecule has 0 unspecified atom stereocenters. The van der Waals surface area contributed by atoms with E-state index in [-0.39, 0.29) is 6.03 Å². The summed E-state index contributed by atoms with van der Waals surface area (Å²) in [5, 5.41) is 7.22. The SMILES string of the molecule is CC(C)(NC(=O)Nc1ccccc1)c1cc(Cl)c2occc2c1. The van der Waals surface area contributed by atoms with Gasteiger partial charge in [0, 0.05) is 11.1 Å². The number of benzene rings is 2. The standard InChI is InChI=1S/C18H17ClN2O2/c1-18(2,21-17(22)20-14-6-4-3-5-7-14)13-10-12-8-9-23-16(12)15(19)11-13/h3-11H,1-2H3,(H2,20,21,22). The highest BCUT2D eigenvalue weighted by molar-refractivity contribution is 6.34. The van der Waals surface area contributed by atoms with E-state index in [0.29, 0.717) is 10.6 Å². The minimum Gasteiger partial charge on any atom is -0.463 e. The van der Waals surface area contributed by atoms with Gasteiger partial charge < -0.3 is 15.1 Å². The number of halogens is 1. The number of amides is 2. The van der Waals surface area contributed by atoms with Crippen LogP contribution in [0.2, 0.25) is 5.02 Å². The Kier molecular flexibility index (Phi) is 4.01. The average Bonchev–Trinajstić information content (AvgIpc) is 2.96. The van der Waals surface area contributed by atoms with Crippen molar-refractivity contribution >= 4 is 34.3 Å². The van der Waals surface area contributed by atoms with Gasteiger partial charge >= 0.3 is 6.03 Å². The Morgan fingerprint density at radius 1 is 1.13 bits per heavy atom. The third-order valence-electron chi connectivity index (χ3n) is 3.69.